The molecule has 0 bridgehead atoms. The third kappa shape index (κ3) is 11.7. The number of nitrogens with two attached hydrogens (primary N) is 1. The molecule has 8 fully saturated rings. The van der Waals surface area contributed by atoms with Gasteiger partial charge in [0.15, 0.2) is 0 Å². The second-order valence-electron chi connectivity index (χ2n) is 32.0. The van der Waals surface area contributed by atoms with E-state index in [9.17, 15) is 19.2 Å². The Morgan fingerprint density at radius 3 is 1.43 bits per heavy atom. The molecule has 14 heteroatoms. The van der Waals surface area contributed by atoms with Crippen LogP contribution in [0.25, 0.3) is 44.3 Å². The van der Waals surface area contributed by atoms with E-state index in [1.54, 1.807) is 23.2 Å². The average Bonchev–Trinajstić information content (AvgIpc) is 1.74. The van der Waals surface area contributed by atoms with Gasteiger partial charge in [0.2, 0.25) is 0 Å². The van der Waals surface area contributed by atoms with Crippen LogP contribution in [0.2, 0.25) is 0 Å². The lowest BCUT2D eigenvalue weighted by molar-refractivity contribution is -0.164. The molecule has 5 aromatic rings. The summed E-state index contributed by atoms with van der Waals surface area (Å²) in [7, 11) is 0. The minimum Gasteiger partial charge on any atom is -0.461 e. The summed E-state index contributed by atoms with van der Waals surface area (Å²) < 4.78 is 18.3. The maximum atomic E-state index is 13.7. The van der Waals surface area contributed by atoms with Crippen LogP contribution in [0.3, 0.4) is 0 Å². The first kappa shape index (κ1) is 62.6. The molecule has 14 nitrogen and oxygen atoms in total. The van der Waals surface area contributed by atoms with E-state index >= 15 is 0 Å². The molecular formula is C75H106N8O6. The maximum Gasteiger partial charge on any atom is 0.328 e. The van der Waals surface area contributed by atoms with Crippen LogP contribution in [0.5, 0.6) is 0 Å². The SMILES string of the molecule is CC(=O)CC[C@@H](C)C1CC[C@H]2[C@@H]3CC[C@@H]4C[C@H](OC(=O)Cn5cc(-c6ccc7c8ccc(-c9cn(CC(=O)O[C@@H]%10CCC%11(C)C%12CCC%13(C)C([C@H](C)CCC(C)=O)CC[C@H]%13[C@@H]%12CC[C@@H]%11C%10)nn9)cc8n(CCCCCN)c7c6)nn5)CCC4(C)C3CCC12C. The standard InChI is InChI=1S/C75H106N8O6/c1-46(12-14-48(3)84)60-24-26-62-58-22-18-52-40-54(28-32-72(52,5)64(58)30-34-74(60,62)7)88-70(86)44-81-42-66(77-79-81)50-16-20-56-57-21-17-51(39-69(57)83(68(56)38-50)37-11-9-10-36-76)67-43-82(80-78-67)45-71(87)89-55-29-33-73(6)53(41-55)19-23-59-63-27-25-61(47(2)13-15-49(4)85)75(63,8)35-31-65(59)73/h16-17,20-21,38-39,42-43,46-47,52-55,58-65H,9-15,18-19,22-37,40-41,44-45,76H2,1-8H3/t46-,47-,52-,53-,54-,55-,58+,59+,60?,61?,62+,63+,64?,65?,72?,73?,74?,75?/m1/s1. The average molecular weight is 1220 g/mol. The largest absolute Gasteiger partial charge is 0.461 e. The Bertz CT molecular complexity index is 3200. The van der Waals surface area contributed by atoms with Crippen LogP contribution in [0.4, 0.5) is 0 Å². The van der Waals surface area contributed by atoms with Crippen molar-refractivity contribution in [3.8, 4) is 22.5 Å². The van der Waals surface area contributed by atoms with Gasteiger partial charge in [0.05, 0.1) is 12.4 Å². The predicted octanol–water partition coefficient (Wildman–Crippen LogP) is 15.6. The molecule has 0 radical (unpaired) electrons. The number of esters is 2. The topological polar surface area (TPSA) is 179 Å². The van der Waals surface area contributed by atoms with Gasteiger partial charge in [0, 0.05) is 52.3 Å². The van der Waals surface area contributed by atoms with E-state index in [-0.39, 0.29) is 37.2 Å². The van der Waals surface area contributed by atoms with Crippen molar-refractivity contribution in [3.63, 3.8) is 0 Å². The van der Waals surface area contributed by atoms with E-state index in [1.807, 2.05) is 12.4 Å². The highest BCUT2D eigenvalue weighted by atomic mass is 16.5. The Labute approximate surface area is 530 Å². The number of carbonyl (C=O) groups excluding carboxylic acids is 4. The zero-order valence-electron chi connectivity index (χ0n) is 55.4. The molecule has 89 heavy (non-hydrogen) atoms. The molecule has 3 heterocycles. The number of ketones is 2. The first-order valence-electron chi connectivity index (χ1n) is 35.7. The van der Waals surface area contributed by atoms with Crippen molar-refractivity contribution >= 4 is 45.3 Å². The number of unbranched alkanes of at least 4 members (excludes halogenated alkanes) is 2. The molecule has 0 aliphatic heterocycles. The van der Waals surface area contributed by atoms with Crippen LogP contribution in [-0.2, 0) is 48.3 Å². The molecule has 2 aromatic carbocycles. The van der Waals surface area contributed by atoms with Crippen molar-refractivity contribution in [1.29, 1.82) is 0 Å². The van der Waals surface area contributed by atoms with E-state index in [0.29, 0.717) is 74.8 Å². The van der Waals surface area contributed by atoms with E-state index in [4.69, 9.17) is 15.2 Å². The molecular weight excluding hydrogens is 1110 g/mol. The number of aromatic nitrogens is 7. The molecule has 18 atom stereocenters. The van der Waals surface area contributed by atoms with Crippen molar-refractivity contribution in [2.45, 2.75) is 248 Å². The highest BCUT2D eigenvalue weighted by molar-refractivity contribution is 6.10. The number of fused-ring (bicyclic) bond motifs is 13. The van der Waals surface area contributed by atoms with Crippen molar-refractivity contribution < 1.29 is 28.7 Å². The minimum atomic E-state index is -0.250. The summed E-state index contributed by atoms with van der Waals surface area (Å²) in [6.45, 7) is 20.2. The molecule has 482 valence electrons. The lowest BCUT2D eigenvalue weighted by Gasteiger charge is -2.61. The molecule has 3 aromatic heterocycles. The molecule has 8 aliphatic rings. The lowest BCUT2D eigenvalue weighted by atomic mass is 9.44. The monoisotopic (exact) mass is 1210 g/mol. The maximum absolute atomic E-state index is 13.7. The molecule has 8 unspecified atom stereocenters. The summed E-state index contributed by atoms with van der Waals surface area (Å²) in [5.74, 6) is 8.62. The fourth-order valence-electron chi connectivity index (χ4n) is 22.8. The van der Waals surface area contributed by atoms with Gasteiger partial charge in [0.25, 0.3) is 0 Å². The quantitative estimate of drug-likeness (QED) is 0.0546. The first-order valence-corrected chi connectivity index (χ1v) is 35.7. The summed E-state index contributed by atoms with van der Waals surface area (Å²) >= 11 is 0. The summed E-state index contributed by atoms with van der Waals surface area (Å²) in [6, 6.07) is 12.9. The third-order valence-corrected chi connectivity index (χ3v) is 27.5. The molecule has 8 saturated carbocycles. The molecule has 0 saturated heterocycles. The molecule has 13 rings (SSSR count). The van der Waals surface area contributed by atoms with Crippen LogP contribution < -0.4 is 5.73 Å². The number of ether oxygens (including phenoxy) is 2. The number of carbonyl (C=O) groups is 4. The van der Waals surface area contributed by atoms with Gasteiger partial charge < -0.3 is 29.4 Å². The Kier molecular flexibility index (Phi) is 17.6. The molecule has 2 N–H and O–H groups in total. The van der Waals surface area contributed by atoms with Gasteiger partial charge >= 0.3 is 11.9 Å². The number of hydrogen-bond acceptors (Lipinski definition) is 11. The highest BCUT2D eigenvalue weighted by Crippen LogP contribution is 2.70. The van der Waals surface area contributed by atoms with Crippen LogP contribution in [0.1, 0.15) is 216 Å². The minimum absolute atomic E-state index is 0.0229. The van der Waals surface area contributed by atoms with Crippen LogP contribution in [0, 0.1) is 92.7 Å². The van der Waals surface area contributed by atoms with E-state index < -0.39 is 0 Å². The van der Waals surface area contributed by atoms with Crippen LogP contribution in [0.15, 0.2) is 48.8 Å². The number of hydrogen-bond donors (Lipinski definition) is 1. The fourth-order valence-corrected chi connectivity index (χ4v) is 22.8. The number of benzene rings is 2. The van der Waals surface area contributed by atoms with Gasteiger partial charge in [-0.05, 0) is 266 Å². The van der Waals surface area contributed by atoms with E-state index in [1.165, 1.54) is 77.0 Å². The van der Waals surface area contributed by atoms with E-state index in [2.05, 4.69) is 103 Å². The van der Waals surface area contributed by atoms with Gasteiger partial charge in [-0.1, -0.05) is 82.7 Å². The summed E-state index contributed by atoms with van der Waals surface area (Å²) in [6.07, 6.45) is 31.7. The number of Topliss-reactive ketones (excluding diaryl/α,β-unsaturated/α-hetero) is 2. The number of rotatable bonds is 21. The summed E-state index contributed by atoms with van der Waals surface area (Å²) in [4.78, 5) is 51.2. The van der Waals surface area contributed by atoms with Gasteiger partial charge in [-0.15, -0.1) is 10.2 Å². The van der Waals surface area contributed by atoms with Crippen molar-refractivity contribution in [1.82, 2.24) is 34.6 Å². The smallest absolute Gasteiger partial charge is 0.328 e. The van der Waals surface area contributed by atoms with Crippen LogP contribution in [-0.4, -0.2) is 76.8 Å². The predicted molar refractivity (Wildman–Crippen MR) is 349 cm³/mol. The van der Waals surface area contributed by atoms with Gasteiger partial charge in [-0.3, -0.25) is 9.59 Å². The summed E-state index contributed by atoms with van der Waals surface area (Å²) in [5.41, 5.74) is 12.8. The van der Waals surface area contributed by atoms with Crippen molar-refractivity contribution in [2.75, 3.05) is 6.54 Å². The van der Waals surface area contributed by atoms with Crippen molar-refractivity contribution in [3.05, 3.63) is 48.8 Å². The number of aryl methyl sites for hydroxylation is 1. The zero-order valence-corrected chi connectivity index (χ0v) is 55.4. The highest BCUT2D eigenvalue weighted by Gasteiger charge is 2.63. The zero-order chi connectivity index (χ0) is 62.1. The normalized spacial score (nSPS) is 35.4. The Morgan fingerprint density at radius 2 is 0.989 bits per heavy atom. The van der Waals surface area contributed by atoms with Gasteiger partial charge in [0.1, 0.15) is 48.3 Å². The molecule has 0 spiro atoms. The molecule has 0 amide bonds. The Morgan fingerprint density at radius 1 is 0.551 bits per heavy atom. The first-order chi connectivity index (χ1) is 42.8. The van der Waals surface area contributed by atoms with Crippen molar-refractivity contribution in [2.24, 2.45) is 98.4 Å². The van der Waals surface area contributed by atoms with Gasteiger partial charge in [-0.2, -0.15) is 0 Å². The van der Waals surface area contributed by atoms with Crippen LogP contribution >= 0.6 is 0 Å². The fraction of sp³-hybridized carbons (Fsp3) is 0.733. The lowest BCUT2D eigenvalue weighted by Crippen LogP contribution is -2.54. The van der Waals surface area contributed by atoms with Gasteiger partial charge in [-0.25, -0.2) is 9.36 Å². The Hall–Kier alpha value is -5.24. The number of nitrogens with zero attached hydrogens (tertiary/aromatic N) is 7. The second-order valence-corrected chi connectivity index (χ2v) is 32.0. The third-order valence-electron chi connectivity index (χ3n) is 27.5. The second kappa shape index (κ2) is 25.0. The Balaban J connectivity index is 0.623. The molecule has 8 aliphatic carbocycles. The summed E-state index contributed by atoms with van der Waals surface area (Å²) in [5, 5.41) is 20.4. The van der Waals surface area contributed by atoms with E-state index in [0.717, 1.165) is 170 Å².